The molecule has 0 amide bonds. The molecule has 1 heterocycles. The van der Waals surface area contributed by atoms with Gasteiger partial charge < -0.3 is 0 Å². The van der Waals surface area contributed by atoms with Gasteiger partial charge in [0.1, 0.15) is 6.04 Å². The second-order valence-electron chi connectivity index (χ2n) is 5.26. The molecule has 3 rings (SSSR count). The minimum Gasteiger partial charge on any atom is -0.207 e. The van der Waals surface area contributed by atoms with Crippen molar-refractivity contribution in [3.05, 3.63) is 64.7 Å². The molecule has 0 aromatic heterocycles. The summed E-state index contributed by atoms with van der Waals surface area (Å²) in [5.41, 5.74) is 1.86. The van der Waals surface area contributed by atoms with Gasteiger partial charge in [-0.3, -0.25) is 0 Å². The van der Waals surface area contributed by atoms with Gasteiger partial charge >= 0.3 is 0 Å². The van der Waals surface area contributed by atoms with Crippen molar-refractivity contribution in [2.24, 2.45) is 0 Å². The second-order valence-corrected chi connectivity index (χ2v) is 7.54. The fourth-order valence-electron chi connectivity index (χ4n) is 2.50. The Labute approximate surface area is 135 Å². The third-order valence-electron chi connectivity index (χ3n) is 3.74. The van der Waals surface area contributed by atoms with Crippen LogP contribution in [-0.2, 0) is 10.0 Å². The summed E-state index contributed by atoms with van der Waals surface area (Å²) < 4.78 is 26.8. The molecule has 1 unspecified atom stereocenters. The zero-order chi connectivity index (χ0) is 15.9. The molecule has 1 aliphatic heterocycles. The quantitative estimate of drug-likeness (QED) is 0.638. The highest BCUT2D eigenvalue weighted by atomic mass is 35.5. The molecule has 22 heavy (non-hydrogen) atoms. The third kappa shape index (κ3) is 2.52. The molecule has 0 radical (unpaired) electrons. The number of benzene rings is 2. The van der Waals surface area contributed by atoms with E-state index in [1.165, 1.54) is 4.31 Å². The van der Waals surface area contributed by atoms with Crippen molar-refractivity contribution in [2.75, 3.05) is 0 Å². The van der Waals surface area contributed by atoms with E-state index in [-0.39, 0.29) is 10.9 Å². The highest BCUT2D eigenvalue weighted by Crippen LogP contribution is 2.47. The second kappa shape index (κ2) is 5.44. The lowest BCUT2D eigenvalue weighted by atomic mass is 10.1. The predicted molar refractivity (Wildman–Crippen MR) is 87.0 cm³/mol. The van der Waals surface area contributed by atoms with Gasteiger partial charge in [-0.2, -0.15) is 4.31 Å². The largest absolute Gasteiger partial charge is 0.244 e. The summed E-state index contributed by atoms with van der Waals surface area (Å²) in [4.78, 5) is 0.259. The average Bonchev–Trinajstić information content (AvgIpc) is 3.24. The Morgan fingerprint density at radius 3 is 2.23 bits per heavy atom. The van der Waals surface area contributed by atoms with Crippen molar-refractivity contribution < 1.29 is 8.42 Å². The van der Waals surface area contributed by atoms with Crippen LogP contribution in [0.4, 0.5) is 0 Å². The smallest absolute Gasteiger partial charge is 0.207 e. The molecule has 0 spiro atoms. The SMILES string of the molecule is C#C[C@H]1[C@@H](c2ccc(Cl)cc2)N1S(=O)(=O)c1ccc(C)cc1. The van der Waals surface area contributed by atoms with E-state index in [0.717, 1.165) is 11.1 Å². The molecule has 3 nitrogen and oxygen atoms in total. The Balaban J connectivity index is 1.95. The monoisotopic (exact) mass is 331 g/mol. The molecule has 112 valence electrons. The van der Waals surface area contributed by atoms with Crippen molar-refractivity contribution in [3.8, 4) is 12.3 Å². The number of terminal acetylenes is 1. The van der Waals surface area contributed by atoms with Crippen molar-refractivity contribution in [1.82, 2.24) is 4.31 Å². The van der Waals surface area contributed by atoms with Gasteiger partial charge in [-0.25, -0.2) is 8.42 Å². The number of nitrogens with zero attached hydrogens (tertiary/aromatic N) is 1. The number of hydrogen-bond acceptors (Lipinski definition) is 2. The van der Waals surface area contributed by atoms with Crippen LogP contribution < -0.4 is 0 Å². The Kier molecular flexibility index (Phi) is 3.73. The van der Waals surface area contributed by atoms with Gasteiger partial charge in [0.25, 0.3) is 0 Å². The maximum absolute atomic E-state index is 12.7. The van der Waals surface area contributed by atoms with E-state index in [1.807, 2.05) is 19.1 Å². The van der Waals surface area contributed by atoms with Crippen LogP contribution in [0.3, 0.4) is 0 Å². The summed E-state index contributed by atoms with van der Waals surface area (Å²) in [6.45, 7) is 1.91. The first-order valence-corrected chi connectivity index (χ1v) is 8.59. The molecule has 2 aromatic rings. The predicted octanol–water partition coefficient (Wildman–Crippen LogP) is 3.40. The molecular formula is C17H14ClNO2S. The Bertz CT molecular complexity index is 836. The first-order chi connectivity index (χ1) is 10.4. The van der Waals surface area contributed by atoms with Crippen LogP contribution in [0, 0.1) is 19.3 Å². The third-order valence-corrected chi connectivity index (χ3v) is 5.87. The summed E-state index contributed by atoms with van der Waals surface area (Å²) in [6, 6.07) is 13.1. The molecule has 1 aliphatic rings. The minimum absolute atomic E-state index is 0.259. The van der Waals surface area contributed by atoms with E-state index in [1.54, 1.807) is 36.4 Å². The molecule has 0 N–H and O–H groups in total. The summed E-state index contributed by atoms with van der Waals surface area (Å²) >= 11 is 5.87. The Morgan fingerprint density at radius 2 is 1.68 bits per heavy atom. The maximum atomic E-state index is 12.7. The molecule has 1 saturated heterocycles. The Hall–Kier alpha value is -1.80. The van der Waals surface area contributed by atoms with Crippen LogP contribution in [0.25, 0.3) is 0 Å². The average molecular weight is 332 g/mol. The van der Waals surface area contributed by atoms with Gasteiger partial charge in [-0.1, -0.05) is 47.4 Å². The molecule has 2 aromatic carbocycles. The van der Waals surface area contributed by atoms with Crippen LogP contribution >= 0.6 is 11.6 Å². The van der Waals surface area contributed by atoms with Crippen molar-refractivity contribution in [2.45, 2.75) is 23.9 Å². The number of rotatable bonds is 3. The van der Waals surface area contributed by atoms with E-state index < -0.39 is 16.1 Å². The highest BCUT2D eigenvalue weighted by Gasteiger charge is 2.55. The van der Waals surface area contributed by atoms with Gasteiger partial charge in [0.15, 0.2) is 0 Å². The molecule has 5 heteroatoms. The first kappa shape index (κ1) is 15.1. The Morgan fingerprint density at radius 1 is 1.09 bits per heavy atom. The normalized spacial score (nSPS) is 23.8. The van der Waals surface area contributed by atoms with Crippen molar-refractivity contribution >= 4 is 21.6 Å². The number of aryl methyl sites for hydroxylation is 1. The highest BCUT2D eigenvalue weighted by molar-refractivity contribution is 7.89. The number of halogens is 1. The molecule has 3 atom stereocenters. The van der Waals surface area contributed by atoms with E-state index in [2.05, 4.69) is 5.92 Å². The van der Waals surface area contributed by atoms with Crippen molar-refractivity contribution in [1.29, 1.82) is 0 Å². The molecule has 1 fully saturated rings. The lowest BCUT2D eigenvalue weighted by molar-refractivity contribution is 0.551. The lowest BCUT2D eigenvalue weighted by Crippen LogP contribution is -2.14. The zero-order valence-electron chi connectivity index (χ0n) is 11.9. The topological polar surface area (TPSA) is 37.1 Å². The van der Waals surface area contributed by atoms with Crippen LogP contribution in [0.1, 0.15) is 17.2 Å². The van der Waals surface area contributed by atoms with Crippen LogP contribution in [0.5, 0.6) is 0 Å². The standard InChI is InChI=1S/C17H14ClNO2S/c1-3-16-17(13-6-8-14(18)9-7-13)19(16)22(20,21)15-10-4-12(2)5-11-15/h1,4-11,16-17H,2H3/t16-,17+,19?/m0/s1. The fraction of sp³-hybridized carbons (Fsp3) is 0.176. The molecular weight excluding hydrogens is 318 g/mol. The molecule has 0 saturated carbocycles. The molecule has 0 bridgehead atoms. The van der Waals surface area contributed by atoms with E-state index in [0.29, 0.717) is 5.02 Å². The van der Waals surface area contributed by atoms with E-state index in [4.69, 9.17) is 18.0 Å². The van der Waals surface area contributed by atoms with Crippen LogP contribution in [0.15, 0.2) is 53.4 Å². The van der Waals surface area contributed by atoms with Crippen molar-refractivity contribution in [3.63, 3.8) is 0 Å². The van der Waals surface area contributed by atoms with Gasteiger partial charge in [0.05, 0.1) is 10.9 Å². The van der Waals surface area contributed by atoms with Crippen LogP contribution in [-0.4, -0.2) is 18.8 Å². The van der Waals surface area contributed by atoms with E-state index in [9.17, 15) is 8.42 Å². The summed E-state index contributed by atoms with van der Waals surface area (Å²) in [7, 11) is -3.59. The summed E-state index contributed by atoms with van der Waals surface area (Å²) in [6.07, 6.45) is 5.50. The van der Waals surface area contributed by atoms with Gasteiger partial charge in [-0.15, -0.1) is 6.42 Å². The van der Waals surface area contributed by atoms with Gasteiger partial charge in [0, 0.05) is 5.02 Å². The van der Waals surface area contributed by atoms with E-state index >= 15 is 0 Å². The minimum atomic E-state index is -3.59. The summed E-state index contributed by atoms with van der Waals surface area (Å²) in [5.74, 6) is 2.55. The first-order valence-electron chi connectivity index (χ1n) is 6.77. The summed E-state index contributed by atoms with van der Waals surface area (Å²) in [5, 5.41) is 0.606. The lowest BCUT2D eigenvalue weighted by Gasteiger charge is -2.07. The number of sulfonamides is 1. The molecule has 0 aliphatic carbocycles. The number of hydrogen-bond donors (Lipinski definition) is 0. The zero-order valence-corrected chi connectivity index (χ0v) is 13.5. The van der Waals surface area contributed by atoms with Gasteiger partial charge in [0.2, 0.25) is 10.0 Å². The van der Waals surface area contributed by atoms with Crippen LogP contribution in [0.2, 0.25) is 5.02 Å². The maximum Gasteiger partial charge on any atom is 0.244 e. The van der Waals surface area contributed by atoms with Gasteiger partial charge in [-0.05, 0) is 36.8 Å². The fourth-order valence-corrected chi connectivity index (χ4v) is 4.30.